The second-order valence-corrected chi connectivity index (χ2v) is 10.3. The Hall–Kier alpha value is -1.90. The lowest BCUT2D eigenvalue weighted by Crippen LogP contribution is -2.49. The Labute approximate surface area is 155 Å². The summed E-state index contributed by atoms with van der Waals surface area (Å²) < 4.78 is 51.6. The van der Waals surface area contributed by atoms with Crippen LogP contribution in [0.2, 0.25) is 0 Å². The number of para-hydroxylation sites is 1. The quantitative estimate of drug-likeness (QED) is 0.775. The molecule has 0 unspecified atom stereocenters. The molecule has 0 N–H and O–H groups in total. The van der Waals surface area contributed by atoms with E-state index in [-0.39, 0.29) is 10.6 Å². The standard InChI is InChI=1S/C18H22N2O4S2/c1-2-25(21,22)18-11-7-6-10-17(18)19-12-14-20(15-13-19)26(23,24)16-8-4-3-5-9-16/h3-11H,2,12-15H2,1H3. The Bertz CT molecular complexity index is 965. The van der Waals surface area contributed by atoms with Crippen molar-refractivity contribution in [1.29, 1.82) is 0 Å². The van der Waals surface area contributed by atoms with Crippen LogP contribution in [0, 0.1) is 0 Å². The number of benzene rings is 2. The van der Waals surface area contributed by atoms with Crippen molar-refractivity contribution in [3.8, 4) is 0 Å². The topological polar surface area (TPSA) is 74.8 Å². The van der Waals surface area contributed by atoms with Gasteiger partial charge in [-0.3, -0.25) is 0 Å². The van der Waals surface area contributed by atoms with E-state index in [2.05, 4.69) is 0 Å². The summed E-state index contributed by atoms with van der Waals surface area (Å²) in [5.41, 5.74) is 0.645. The molecule has 2 aromatic carbocycles. The first-order valence-corrected chi connectivity index (χ1v) is 11.6. The van der Waals surface area contributed by atoms with Crippen LogP contribution >= 0.6 is 0 Å². The zero-order valence-electron chi connectivity index (χ0n) is 14.6. The Balaban J connectivity index is 1.80. The van der Waals surface area contributed by atoms with Crippen molar-refractivity contribution < 1.29 is 16.8 Å². The van der Waals surface area contributed by atoms with E-state index in [1.54, 1.807) is 61.5 Å². The van der Waals surface area contributed by atoms with Gasteiger partial charge in [0, 0.05) is 26.2 Å². The van der Waals surface area contributed by atoms with Crippen molar-refractivity contribution in [3.05, 3.63) is 54.6 Å². The summed E-state index contributed by atoms with van der Waals surface area (Å²) in [6.07, 6.45) is 0. The number of hydrogen-bond donors (Lipinski definition) is 0. The van der Waals surface area contributed by atoms with E-state index in [0.717, 1.165) is 0 Å². The van der Waals surface area contributed by atoms with Gasteiger partial charge in [0.2, 0.25) is 10.0 Å². The van der Waals surface area contributed by atoms with Crippen molar-refractivity contribution in [2.45, 2.75) is 16.7 Å². The molecule has 0 amide bonds. The second kappa shape index (κ2) is 7.38. The van der Waals surface area contributed by atoms with E-state index in [1.165, 1.54) is 4.31 Å². The molecule has 0 atom stereocenters. The molecule has 0 aromatic heterocycles. The van der Waals surface area contributed by atoms with Crippen LogP contribution in [-0.2, 0) is 19.9 Å². The molecule has 6 nitrogen and oxygen atoms in total. The van der Waals surface area contributed by atoms with E-state index in [9.17, 15) is 16.8 Å². The summed E-state index contributed by atoms with van der Waals surface area (Å²) in [4.78, 5) is 2.53. The summed E-state index contributed by atoms with van der Waals surface area (Å²) in [6.45, 7) is 3.15. The van der Waals surface area contributed by atoms with Crippen LogP contribution in [0.1, 0.15) is 6.92 Å². The lowest BCUT2D eigenvalue weighted by molar-refractivity contribution is 0.384. The predicted octanol–water partition coefficient (Wildman–Crippen LogP) is 1.99. The lowest BCUT2D eigenvalue weighted by Gasteiger charge is -2.36. The number of sulfone groups is 1. The van der Waals surface area contributed by atoms with Gasteiger partial charge < -0.3 is 4.90 Å². The molecule has 1 fully saturated rings. The van der Waals surface area contributed by atoms with Gasteiger partial charge in [-0.05, 0) is 24.3 Å². The predicted molar refractivity (Wildman–Crippen MR) is 102 cm³/mol. The Morgan fingerprint density at radius 2 is 1.38 bits per heavy atom. The normalized spacial score (nSPS) is 16.6. The molecular formula is C18H22N2O4S2. The highest BCUT2D eigenvalue weighted by molar-refractivity contribution is 7.91. The fraction of sp³-hybridized carbons (Fsp3) is 0.333. The SMILES string of the molecule is CCS(=O)(=O)c1ccccc1N1CCN(S(=O)(=O)c2ccccc2)CC1. The maximum absolute atomic E-state index is 12.7. The second-order valence-electron chi connectivity index (χ2n) is 6.08. The molecule has 0 saturated carbocycles. The fourth-order valence-corrected chi connectivity index (χ4v) is 5.60. The maximum atomic E-state index is 12.7. The van der Waals surface area contributed by atoms with Crippen LogP contribution in [0.15, 0.2) is 64.4 Å². The molecule has 1 saturated heterocycles. The smallest absolute Gasteiger partial charge is 0.243 e. The Morgan fingerprint density at radius 3 is 2.00 bits per heavy atom. The van der Waals surface area contributed by atoms with Crippen molar-refractivity contribution in [2.24, 2.45) is 0 Å². The van der Waals surface area contributed by atoms with Crippen LogP contribution in [0.3, 0.4) is 0 Å². The summed E-state index contributed by atoms with van der Waals surface area (Å²) in [7, 11) is -6.86. The molecule has 0 spiro atoms. The molecule has 26 heavy (non-hydrogen) atoms. The maximum Gasteiger partial charge on any atom is 0.243 e. The van der Waals surface area contributed by atoms with Gasteiger partial charge in [0.25, 0.3) is 0 Å². The molecule has 140 valence electrons. The van der Waals surface area contributed by atoms with Crippen molar-refractivity contribution in [1.82, 2.24) is 4.31 Å². The van der Waals surface area contributed by atoms with Gasteiger partial charge in [-0.1, -0.05) is 37.3 Å². The van der Waals surface area contributed by atoms with Gasteiger partial charge >= 0.3 is 0 Å². The molecule has 1 heterocycles. The van der Waals surface area contributed by atoms with E-state index in [4.69, 9.17) is 0 Å². The van der Waals surface area contributed by atoms with Crippen LogP contribution < -0.4 is 4.90 Å². The lowest BCUT2D eigenvalue weighted by atomic mass is 10.2. The minimum atomic E-state index is -3.52. The molecule has 8 heteroatoms. The minimum Gasteiger partial charge on any atom is -0.368 e. The van der Waals surface area contributed by atoms with Gasteiger partial charge in [0.05, 0.1) is 21.2 Å². The fourth-order valence-electron chi connectivity index (χ4n) is 3.05. The first-order valence-electron chi connectivity index (χ1n) is 8.48. The largest absolute Gasteiger partial charge is 0.368 e. The minimum absolute atomic E-state index is 0.0341. The van der Waals surface area contributed by atoms with Crippen LogP contribution in [0.5, 0.6) is 0 Å². The van der Waals surface area contributed by atoms with Gasteiger partial charge in [0.15, 0.2) is 9.84 Å². The zero-order chi connectivity index (χ0) is 18.8. The molecular weight excluding hydrogens is 372 g/mol. The Morgan fingerprint density at radius 1 is 0.808 bits per heavy atom. The summed E-state index contributed by atoms with van der Waals surface area (Å²) >= 11 is 0. The van der Waals surface area contributed by atoms with Crippen molar-refractivity contribution in [2.75, 3.05) is 36.8 Å². The van der Waals surface area contributed by atoms with E-state index < -0.39 is 19.9 Å². The third-order valence-corrected chi connectivity index (χ3v) is 8.23. The van der Waals surface area contributed by atoms with E-state index in [1.807, 2.05) is 4.90 Å². The first kappa shape index (κ1) is 18.9. The molecule has 0 aliphatic carbocycles. The van der Waals surface area contributed by atoms with E-state index in [0.29, 0.717) is 36.8 Å². The van der Waals surface area contributed by atoms with Crippen LogP contribution in [0.4, 0.5) is 5.69 Å². The van der Waals surface area contributed by atoms with Gasteiger partial charge in [-0.2, -0.15) is 4.31 Å². The molecule has 0 bridgehead atoms. The molecule has 1 aliphatic heterocycles. The highest BCUT2D eigenvalue weighted by atomic mass is 32.2. The number of hydrogen-bond acceptors (Lipinski definition) is 5. The highest BCUT2D eigenvalue weighted by Crippen LogP contribution is 2.28. The molecule has 2 aromatic rings. The molecule has 0 radical (unpaired) electrons. The monoisotopic (exact) mass is 394 g/mol. The number of rotatable bonds is 5. The van der Waals surface area contributed by atoms with Gasteiger partial charge in [-0.25, -0.2) is 16.8 Å². The van der Waals surface area contributed by atoms with Crippen LogP contribution in [0.25, 0.3) is 0 Å². The summed E-state index contributed by atoms with van der Waals surface area (Å²) in [6, 6.07) is 15.3. The zero-order valence-corrected chi connectivity index (χ0v) is 16.2. The number of piperazine rings is 1. The number of nitrogens with zero attached hydrogens (tertiary/aromatic N) is 2. The van der Waals surface area contributed by atoms with E-state index >= 15 is 0 Å². The first-order chi connectivity index (χ1) is 12.4. The third-order valence-electron chi connectivity index (χ3n) is 4.54. The molecule has 3 rings (SSSR count). The van der Waals surface area contributed by atoms with Gasteiger partial charge in [-0.15, -0.1) is 0 Å². The Kier molecular flexibility index (Phi) is 5.36. The number of sulfonamides is 1. The average molecular weight is 395 g/mol. The third kappa shape index (κ3) is 3.62. The average Bonchev–Trinajstić information content (AvgIpc) is 2.69. The highest BCUT2D eigenvalue weighted by Gasteiger charge is 2.30. The summed E-state index contributed by atoms with van der Waals surface area (Å²) in [5, 5.41) is 0. The van der Waals surface area contributed by atoms with Crippen LogP contribution in [-0.4, -0.2) is 53.1 Å². The molecule has 1 aliphatic rings. The van der Waals surface area contributed by atoms with Gasteiger partial charge in [0.1, 0.15) is 0 Å². The van der Waals surface area contributed by atoms with Crippen molar-refractivity contribution >= 4 is 25.5 Å². The number of anilines is 1. The summed E-state index contributed by atoms with van der Waals surface area (Å²) in [5.74, 6) is 0.0341. The van der Waals surface area contributed by atoms with Crippen molar-refractivity contribution in [3.63, 3.8) is 0 Å².